The molecule has 0 aliphatic heterocycles. The van der Waals surface area contributed by atoms with Crippen molar-refractivity contribution >= 4 is 16.6 Å². The van der Waals surface area contributed by atoms with Crippen LogP contribution in [0.4, 0.5) is 4.39 Å². The molecule has 0 fully saturated rings. The van der Waals surface area contributed by atoms with Gasteiger partial charge in [0.15, 0.2) is 17.1 Å². The Labute approximate surface area is 158 Å². The highest BCUT2D eigenvalue weighted by atomic mass is 19.1. The molecular formula is C18H15FN6O3. The Kier molecular flexibility index (Phi) is 4.16. The number of aryl methyl sites for hydroxylation is 1. The lowest BCUT2D eigenvalue weighted by molar-refractivity contribution is -0.583. The van der Waals surface area contributed by atoms with Gasteiger partial charge in [0.1, 0.15) is 29.2 Å². The second-order valence-electron chi connectivity index (χ2n) is 6.41. The SMILES string of the molecule is COCC(C)c1noc(-c2ncn3c2c(C)[n+]([O-])c2c(C#N)c(F)ccc23)n1. The molecule has 0 spiro atoms. The minimum absolute atomic E-state index is 0.0589. The molecular weight excluding hydrogens is 367 g/mol. The van der Waals surface area contributed by atoms with Crippen LogP contribution in [0.3, 0.4) is 0 Å². The lowest BCUT2D eigenvalue weighted by Crippen LogP contribution is -2.33. The fourth-order valence-electron chi connectivity index (χ4n) is 3.21. The third kappa shape index (κ3) is 2.48. The summed E-state index contributed by atoms with van der Waals surface area (Å²) < 4.78 is 26.6. The maximum absolute atomic E-state index is 14.0. The number of methoxy groups -OCH3 is 1. The van der Waals surface area contributed by atoms with E-state index in [2.05, 4.69) is 15.1 Å². The number of fused-ring (bicyclic) bond motifs is 3. The van der Waals surface area contributed by atoms with Crippen molar-refractivity contribution in [3.05, 3.63) is 46.6 Å². The molecule has 0 radical (unpaired) electrons. The Morgan fingerprint density at radius 3 is 2.96 bits per heavy atom. The maximum Gasteiger partial charge on any atom is 0.279 e. The normalized spacial score (nSPS) is 12.5. The van der Waals surface area contributed by atoms with E-state index < -0.39 is 5.82 Å². The van der Waals surface area contributed by atoms with Crippen molar-refractivity contribution in [3.8, 4) is 17.7 Å². The summed E-state index contributed by atoms with van der Waals surface area (Å²) in [6, 6.07) is 4.33. The van der Waals surface area contributed by atoms with Crippen molar-refractivity contribution in [1.29, 1.82) is 5.26 Å². The van der Waals surface area contributed by atoms with Crippen molar-refractivity contribution in [1.82, 2.24) is 19.5 Å². The zero-order chi connectivity index (χ0) is 20.0. The van der Waals surface area contributed by atoms with E-state index in [-0.39, 0.29) is 28.6 Å². The first-order valence-corrected chi connectivity index (χ1v) is 8.42. The number of nitrogens with zero attached hydrogens (tertiary/aromatic N) is 6. The summed E-state index contributed by atoms with van der Waals surface area (Å²) in [5.74, 6) is -0.220. The highest BCUT2D eigenvalue weighted by molar-refractivity contribution is 5.85. The second-order valence-corrected chi connectivity index (χ2v) is 6.41. The first-order chi connectivity index (χ1) is 13.5. The summed E-state index contributed by atoms with van der Waals surface area (Å²) in [7, 11) is 1.58. The van der Waals surface area contributed by atoms with Crippen molar-refractivity contribution in [2.24, 2.45) is 0 Å². The van der Waals surface area contributed by atoms with Crippen LogP contribution in [-0.4, -0.2) is 33.2 Å². The van der Waals surface area contributed by atoms with E-state index >= 15 is 0 Å². The molecule has 1 unspecified atom stereocenters. The molecule has 10 heteroatoms. The number of halogens is 1. The minimum Gasteiger partial charge on any atom is -0.618 e. The summed E-state index contributed by atoms with van der Waals surface area (Å²) in [5, 5.41) is 26.1. The van der Waals surface area contributed by atoms with Crippen LogP contribution in [0.5, 0.6) is 0 Å². The predicted octanol–water partition coefficient (Wildman–Crippen LogP) is 2.24. The molecule has 0 bridgehead atoms. The summed E-state index contributed by atoms with van der Waals surface area (Å²) in [6.07, 6.45) is 1.47. The van der Waals surface area contributed by atoms with Crippen molar-refractivity contribution < 1.29 is 18.4 Å². The van der Waals surface area contributed by atoms with Gasteiger partial charge in [0.05, 0.1) is 6.61 Å². The van der Waals surface area contributed by atoms with Gasteiger partial charge >= 0.3 is 0 Å². The Morgan fingerprint density at radius 2 is 2.25 bits per heavy atom. The maximum atomic E-state index is 14.0. The molecule has 0 aliphatic rings. The third-order valence-electron chi connectivity index (χ3n) is 4.60. The molecule has 142 valence electrons. The highest BCUT2D eigenvalue weighted by Crippen LogP contribution is 2.28. The van der Waals surface area contributed by atoms with Gasteiger partial charge in [-0.25, -0.2) is 9.37 Å². The molecule has 1 atom stereocenters. The van der Waals surface area contributed by atoms with Crippen molar-refractivity contribution in [2.45, 2.75) is 19.8 Å². The molecule has 0 amide bonds. The number of hydrogen-bond donors (Lipinski definition) is 0. The Morgan fingerprint density at radius 1 is 1.46 bits per heavy atom. The van der Waals surface area contributed by atoms with Gasteiger partial charge in [-0.05, 0) is 12.1 Å². The van der Waals surface area contributed by atoms with Crippen LogP contribution in [0.25, 0.3) is 28.1 Å². The summed E-state index contributed by atoms with van der Waals surface area (Å²) >= 11 is 0. The van der Waals surface area contributed by atoms with Crippen LogP contribution in [-0.2, 0) is 4.74 Å². The summed E-state index contributed by atoms with van der Waals surface area (Å²) in [4.78, 5) is 8.68. The molecule has 3 heterocycles. The van der Waals surface area contributed by atoms with Crippen molar-refractivity contribution in [3.63, 3.8) is 0 Å². The molecule has 9 nitrogen and oxygen atoms in total. The van der Waals surface area contributed by atoms with Gasteiger partial charge in [-0.15, -0.1) is 0 Å². The average Bonchev–Trinajstić information content (AvgIpc) is 3.33. The van der Waals surface area contributed by atoms with Crippen LogP contribution >= 0.6 is 0 Å². The van der Waals surface area contributed by atoms with Gasteiger partial charge in [-0.2, -0.15) is 15.0 Å². The van der Waals surface area contributed by atoms with Crippen molar-refractivity contribution in [2.75, 3.05) is 13.7 Å². The molecule has 3 aromatic heterocycles. The van der Waals surface area contributed by atoms with Crippen LogP contribution in [0.2, 0.25) is 0 Å². The van der Waals surface area contributed by atoms with E-state index in [0.29, 0.717) is 33.9 Å². The van der Waals surface area contributed by atoms with E-state index in [4.69, 9.17) is 9.26 Å². The first-order valence-electron chi connectivity index (χ1n) is 8.42. The molecule has 0 N–H and O–H groups in total. The lowest BCUT2D eigenvalue weighted by Gasteiger charge is -2.09. The first kappa shape index (κ1) is 17.8. The zero-order valence-corrected chi connectivity index (χ0v) is 15.3. The van der Waals surface area contributed by atoms with E-state index in [1.165, 1.54) is 12.4 Å². The largest absolute Gasteiger partial charge is 0.618 e. The minimum atomic E-state index is -0.757. The third-order valence-corrected chi connectivity index (χ3v) is 4.60. The molecule has 0 saturated heterocycles. The van der Waals surface area contributed by atoms with E-state index in [9.17, 15) is 14.9 Å². The number of hydrogen-bond acceptors (Lipinski definition) is 7. The molecule has 0 aliphatic carbocycles. The second kappa shape index (κ2) is 6.54. The number of benzene rings is 1. The molecule has 4 aromatic rings. The fourth-order valence-corrected chi connectivity index (χ4v) is 3.21. The van der Waals surface area contributed by atoms with Gasteiger partial charge in [0.25, 0.3) is 11.4 Å². The zero-order valence-electron chi connectivity index (χ0n) is 15.3. The van der Waals surface area contributed by atoms with Gasteiger partial charge in [-0.1, -0.05) is 12.1 Å². The smallest absolute Gasteiger partial charge is 0.279 e. The van der Waals surface area contributed by atoms with Gasteiger partial charge < -0.3 is 14.5 Å². The number of aromatic nitrogens is 5. The van der Waals surface area contributed by atoms with Gasteiger partial charge in [0.2, 0.25) is 5.69 Å². The predicted molar refractivity (Wildman–Crippen MR) is 94.7 cm³/mol. The number of nitriles is 1. The van der Waals surface area contributed by atoms with Gasteiger partial charge in [-0.3, -0.25) is 4.40 Å². The average molecular weight is 382 g/mol. The molecule has 1 aromatic carbocycles. The lowest BCUT2D eigenvalue weighted by atomic mass is 10.1. The Hall–Kier alpha value is -3.58. The van der Waals surface area contributed by atoms with E-state index in [0.717, 1.165) is 6.07 Å². The molecule has 28 heavy (non-hydrogen) atoms. The summed E-state index contributed by atoms with van der Waals surface area (Å²) in [5.41, 5.74) is 0.965. The number of rotatable bonds is 4. The number of imidazole rings is 1. The van der Waals surface area contributed by atoms with Crippen LogP contribution in [0.15, 0.2) is 23.0 Å². The van der Waals surface area contributed by atoms with E-state index in [1.807, 2.05) is 6.92 Å². The Bertz CT molecular complexity index is 1260. The standard InChI is InChI=1S/C18H15FN6O3/c1-9(7-27-3)17-22-18(28-23-17)14-15-10(2)25(26)16-11(6-20)12(19)4-5-13(16)24(15)8-21-14/h4-5,8-9H,7H2,1-3H3. The molecule has 0 saturated carbocycles. The van der Waals surface area contributed by atoms with Crippen LogP contribution in [0, 0.1) is 29.3 Å². The fraction of sp³-hybridized carbons (Fsp3) is 0.278. The van der Waals surface area contributed by atoms with Gasteiger partial charge in [0, 0.05) is 20.0 Å². The summed E-state index contributed by atoms with van der Waals surface area (Å²) in [6.45, 7) is 3.88. The number of ether oxygens (including phenoxy) is 1. The highest BCUT2D eigenvalue weighted by Gasteiger charge is 2.27. The quantitative estimate of drug-likeness (QED) is 0.392. The van der Waals surface area contributed by atoms with Crippen LogP contribution < -0.4 is 4.73 Å². The van der Waals surface area contributed by atoms with Crippen LogP contribution in [0.1, 0.15) is 29.9 Å². The Balaban J connectivity index is 1.98. The molecule has 4 rings (SSSR count). The topological polar surface area (TPSA) is 116 Å². The monoisotopic (exact) mass is 382 g/mol. The van der Waals surface area contributed by atoms with E-state index in [1.54, 1.807) is 24.5 Å².